The molecule has 0 N–H and O–H groups in total. The van der Waals surface area contributed by atoms with E-state index in [9.17, 15) is 13.2 Å². The van der Waals surface area contributed by atoms with Crippen LogP contribution in [0.15, 0.2) is 52.3 Å². The van der Waals surface area contributed by atoms with E-state index in [0.717, 1.165) is 4.90 Å². The highest BCUT2D eigenvalue weighted by Crippen LogP contribution is 2.39. The lowest BCUT2D eigenvalue weighted by molar-refractivity contribution is -0.116. The number of rotatable bonds is 2. The zero-order valence-electron chi connectivity index (χ0n) is 14.2. The summed E-state index contributed by atoms with van der Waals surface area (Å²) in [7, 11) is -3.71. The van der Waals surface area contributed by atoms with Gasteiger partial charge < -0.3 is 9.64 Å². The Morgan fingerprint density at radius 1 is 1.12 bits per heavy atom. The molecule has 0 fully saturated rings. The predicted octanol–water partition coefficient (Wildman–Crippen LogP) is 2.73. The van der Waals surface area contributed by atoms with Gasteiger partial charge in [0.05, 0.1) is 22.8 Å². The molecule has 0 unspecified atom stereocenters. The summed E-state index contributed by atoms with van der Waals surface area (Å²) >= 11 is 1.66. The minimum absolute atomic E-state index is 0.0906. The first-order valence-electron chi connectivity index (χ1n) is 8.28. The van der Waals surface area contributed by atoms with E-state index in [4.69, 9.17) is 4.74 Å². The third kappa shape index (κ3) is 2.83. The Morgan fingerprint density at radius 2 is 1.92 bits per heavy atom. The van der Waals surface area contributed by atoms with E-state index >= 15 is 0 Å². The van der Waals surface area contributed by atoms with Crippen LogP contribution in [0.25, 0.3) is 0 Å². The summed E-state index contributed by atoms with van der Waals surface area (Å²) in [4.78, 5) is 14.5. The number of fused-ring (bicyclic) bond motifs is 2. The van der Waals surface area contributed by atoms with Crippen LogP contribution < -0.4 is 13.9 Å². The standard InChI is InChI=1S/C18H18N2O4S2/c1-13(21)19-8-10-24-17-12-14(6-7-15(17)19)26(22,23)20-9-11-25-18-5-3-2-4-16(18)20/h2-7,12H,8-11H2,1H3. The van der Waals surface area contributed by atoms with Crippen molar-refractivity contribution in [3.8, 4) is 5.75 Å². The fourth-order valence-electron chi connectivity index (χ4n) is 3.21. The van der Waals surface area contributed by atoms with Crippen LogP contribution in [0, 0.1) is 0 Å². The van der Waals surface area contributed by atoms with E-state index in [-0.39, 0.29) is 10.8 Å². The van der Waals surface area contributed by atoms with Crippen LogP contribution in [0.4, 0.5) is 11.4 Å². The first-order valence-corrected chi connectivity index (χ1v) is 10.7. The van der Waals surface area contributed by atoms with Crippen LogP contribution in [0.1, 0.15) is 6.92 Å². The number of anilines is 2. The fraction of sp³-hybridized carbons (Fsp3) is 0.278. The van der Waals surface area contributed by atoms with Crippen LogP contribution in [-0.2, 0) is 14.8 Å². The van der Waals surface area contributed by atoms with Crippen molar-refractivity contribution in [1.82, 2.24) is 0 Å². The number of amides is 1. The second kappa shape index (κ2) is 6.51. The number of hydrogen-bond donors (Lipinski definition) is 0. The van der Waals surface area contributed by atoms with Crippen LogP contribution in [0.2, 0.25) is 0 Å². The lowest BCUT2D eigenvalue weighted by Crippen LogP contribution is -2.37. The van der Waals surface area contributed by atoms with Gasteiger partial charge in [0.15, 0.2) is 0 Å². The number of para-hydroxylation sites is 1. The molecule has 2 aromatic carbocycles. The summed E-state index contributed by atoms with van der Waals surface area (Å²) in [5.41, 5.74) is 1.31. The van der Waals surface area contributed by atoms with Crippen molar-refractivity contribution >= 4 is 39.1 Å². The number of carbonyl (C=O) groups is 1. The summed E-state index contributed by atoms with van der Waals surface area (Å²) in [5.74, 6) is 1.04. The minimum Gasteiger partial charge on any atom is -0.489 e. The number of thioether (sulfide) groups is 1. The monoisotopic (exact) mass is 390 g/mol. The molecule has 0 radical (unpaired) electrons. The highest BCUT2D eigenvalue weighted by molar-refractivity contribution is 8.00. The Morgan fingerprint density at radius 3 is 2.73 bits per heavy atom. The van der Waals surface area contributed by atoms with Crippen LogP contribution in [0.3, 0.4) is 0 Å². The van der Waals surface area contributed by atoms with Gasteiger partial charge in [0.1, 0.15) is 12.4 Å². The summed E-state index contributed by atoms with van der Waals surface area (Å²) in [6.07, 6.45) is 0. The van der Waals surface area contributed by atoms with Crippen LogP contribution in [0.5, 0.6) is 5.75 Å². The lowest BCUT2D eigenvalue weighted by atomic mass is 10.2. The van der Waals surface area contributed by atoms with Crippen molar-refractivity contribution in [3.05, 3.63) is 42.5 Å². The molecule has 0 atom stereocenters. The molecule has 8 heteroatoms. The molecule has 0 aliphatic carbocycles. The van der Waals surface area contributed by atoms with Crippen molar-refractivity contribution in [3.63, 3.8) is 0 Å². The second-order valence-corrected chi connectivity index (χ2v) is 9.04. The van der Waals surface area contributed by atoms with Gasteiger partial charge in [-0.1, -0.05) is 12.1 Å². The van der Waals surface area contributed by atoms with E-state index in [1.165, 1.54) is 17.3 Å². The number of hydrogen-bond acceptors (Lipinski definition) is 5. The van der Waals surface area contributed by atoms with Gasteiger partial charge in [-0.3, -0.25) is 9.10 Å². The van der Waals surface area contributed by atoms with Crippen molar-refractivity contribution in [2.24, 2.45) is 0 Å². The Labute approximate surface area is 156 Å². The van der Waals surface area contributed by atoms with Gasteiger partial charge >= 0.3 is 0 Å². The third-order valence-corrected chi connectivity index (χ3v) is 7.30. The topological polar surface area (TPSA) is 66.9 Å². The van der Waals surface area contributed by atoms with E-state index < -0.39 is 10.0 Å². The molecule has 4 rings (SSSR count). The molecule has 136 valence electrons. The average Bonchev–Trinajstić information content (AvgIpc) is 2.66. The van der Waals surface area contributed by atoms with Crippen molar-refractivity contribution < 1.29 is 17.9 Å². The molecule has 2 aromatic rings. The molecular formula is C18H18N2O4S2. The third-order valence-electron chi connectivity index (χ3n) is 4.45. The molecule has 2 aliphatic rings. The lowest BCUT2D eigenvalue weighted by Gasteiger charge is -2.31. The molecule has 0 aromatic heterocycles. The zero-order chi connectivity index (χ0) is 18.3. The molecule has 0 saturated carbocycles. The number of carbonyl (C=O) groups excluding carboxylic acids is 1. The zero-order valence-corrected chi connectivity index (χ0v) is 15.8. The maximum Gasteiger partial charge on any atom is 0.264 e. The van der Waals surface area contributed by atoms with Gasteiger partial charge in [-0.2, -0.15) is 0 Å². The molecule has 6 nitrogen and oxygen atoms in total. The minimum atomic E-state index is -3.71. The van der Waals surface area contributed by atoms with E-state index in [1.54, 1.807) is 28.8 Å². The Kier molecular flexibility index (Phi) is 4.32. The molecule has 1 amide bonds. The first-order chi connectivity index (χ1) is 12.5. The molecule has 0 spiro atoms. The van der Waals surface area contributed by atoms with Gasteiger partial charge in [0.2, 0.25) is 5.91 Å². The van der Waals surface area contributed by atoms with Gasteiger partial charge in [-0.25, -0.2) is 8.42 Å². The summed E-state index contributed by atoms with van der Waals surface area (Å²) in [6.45, 7) is 2.72. The van der Waals surface area contributed by atoms with Gasteiger partial charge in [-0.15, -0.1) is 11.8 Å². The SMILES string of the molecule is CC(=O)N1CCOc2cc(S(=O)(=O)N3CCSc4ccccc43)ccc21. The van der Waals surface area contributed by atoms with Crippen molar-refractivity contribution in [2.45, 2.75) is 16.7 Å². The van der Waals surface area contributed by atoms with Gasteiger partial charge in [-0.05, 0) is 24.3 Å². The van der Waals surface area contributed by atoms with E-state index in [2.05, 4.69) is 0 Å². The largest absolute Gasteiger partial charge is 0.489 e. The van der Waals surface area contributed by atoms with Gasteiger partial charge in [0.25, 0.3) is 10.0 Å². The number of benzene rings is 2. The fourth-order valence-corrected chi connectivity index (χ4v) is 5.88. The molecule has 2 heterocycles. The Balaban J connectivity index is 1.75. The highest BCUT2D eigenvalue weighted by Gasteiger charge is 2.31. The summed E-state index contributed by atoms with van der Waals surface area (Å²) in [6, 6.07) is 12.2. The Hall–Kier alpha value is -2.19. The molecular weight excluding hydrogens is 372 g/mol. The second-order valence-electron chi connectivity index (χ2n) is 6.04. The van der Waals surface area contributed by atoms with E-state index in [0.29, 0.717) is 42.6 Å². The smallest absolute Gasteiger partial charge is 0.264 e. The highest BCUT2D eigenvalue weighted by atomic mass is 32.2. The van der Waals surface area contributed by atoms with Crippen molar-refractivity contribution in [1.29, 1.82) is 0 Å². The number of ether oxygens (including phenoxy) is 1. The van der Waals surface area contributed by atoms with Crippen LogP contribution >= 0.6 is 11.8 Å². The number of sulfonamides is 1. The maximum atomic E-state index is 13.2. The van der Waals surface area contributed by atoms with Crippen LogP contribution in [-0.4, -0.2) is 39.8 Å². The molecule has 0 saturated heterocycles. The molecule has 2 aliphatic heterocycles. The maximum absolute atomic E-state index is 13.2. The normalized spacial score (nSPS) is 16.5. The summed E-state index contributed by atoms with van der Waals surface area (Å²) in [5, 5.41) is 0. The molecule has 0 bridgehead atoms. The summed E-state index contributed by atoms with van der Waals surface area (Å²) < 4.78 is 33.5. The predicted molar refractivity (Wildman–Crippen MR) is 102 cm³/mol. The Bertz CT molecular complexity index is 975. The quantitative estimate of drug-likeness (QED) is 0.789. The first kappa shape index (κ1) is 17.2. The van der Waals surface area contributed by atoms with E-state index in [1.807, 2.05) is 24.3 Å². The van der Waals surface area contributed by atoms with Crippen molar-refractivity contribution in [2.75, 3.05) is 34.7 Å². The average molecular weight is 390 g/mol. The van der Waals surface area contributed by atoms with Gasteiger partial charge in [0, 0.05) is 30.2 Å². The molecule has 26 heavy (non-hydrogen) atoms. The number of nitrogens with zero attached hydrogens (tertiary/aromatic N) is 2.